The van der Waals surface area contributed by atoms with Crippen molar-refractivity contribution in [3.05, 3.63) is 64.5 Å². The Morgan fingerprint density at radius 1 is 1.27 bits per heavy atom. The molecule has 2 aromatic carbocycles. The molecule has 2 heterocycles. The zero-order valence-corrected chi connectivity index (χ0v) is 17.9. The Hall–Kier alpha value is -2.70. The highest BCUT2D eigenvalue weighted by Crippen LogP contribution is 2.24. The average molecular weight is 425 g/mol. The molecule has 1 aliphatic rings. The van der Waals surface area contributed by atoms with Crippen LogP contribution in [0.5, 0.6) is 0 Å². The van der Waals surface area contributed by atoms with Crippen molar-refractivity contribution >= 4 is 23.2 Å². The summed E-state index contributed by atoms with van der Waals surface area (Å²) in [5.74, 6) is 1.07. The molecule has 1 aliphatic heterocycles. The molecule has 1 N–H and O–H groups in total. The first kappa shape index (κ1) is 20.6. The number of nitrogens with zero attached hydrogens (tertiary/aromatic N) is 3. The predicted octanol–water partition coefficient (Wildman–Crippen LogP) is 4.86. The number of carbonyl (C=O) groups excluding carboxylic acids is 1. The molecule has 30 heavy (non-hydrogen) atoms. The predicted molar refractivity (Wildman–Crippen MR) is 117 cm³/mol. The van der Waals surface area contributed by atoms with Gasteiger partial charge in [-0.2, -0.15) is 4.98 Å². The zero-order valence-electron chi connectivity index (χ0n) is 17.2. The quantitative estimate of drug-likeness (QED) is 0.633. The number of anilines is 1. The van der Waals surface area contributed by atoms with E-state index in [1.807, 2.05) is 43.3 Å². The molecule has 4 rings (SSSR count). The second-order valence-corrected chi connectivity index (χ2v) is 8.27. The van der Waals surface area contributed by atoms with E-state index in [-0.39, 0.29) is 11.8 Å². The van der Waals surface area contributed by atoms with E-state index in [2.05, 4.69) is 33.3 Å². The highest BCUT2D eigenvalue weighted by molar-refractivity contribution is 6.30. The highest BCUT2D eigenvalue weighted by Gasteiger charge is 2.27. The van der Waals surface area contributed by atoms with Gasteiger partial charge in [0, 0.05) is 22.8 Å². The van der Waals surface area contributed by atoms with Gasteiger partial charge < -0.3 is 9.84 Å². The van der Waals surface area contributed by atoms with Gasteiger partial charge >= 0.3 is 0 Å². The number of nitrogens with one attached hydrogen (secondary N) is 1. The average Bonchev–Trinajstić information content (AvgIpc) is 3.20. The molecule has 1 fully saturated rings. The Kier molecular flexibility index (Phi) is 6.16. The normalized spacial score (nSPS) is 17.1. The van der Waals surface area contributed by atoms with E-state index in [1.54, 1.807) is 0 Å². The Morgan fingerprint density at radius 2 is 2.10 bits per heavy atom. The fourth-order valence-electron chi connectivity index (χ4n) is 3.79. The van der Waals surface area contributed by atoms with E-state index >= 15 is 0 Å². The molecule has 0 aliphatic carbocycles. The van der Waals surface area contributed by atoms with Crippen LogP contribution in [0.1, 0.15) is 29.9 Å². The van der Waals surface area contributed by atoms with Crippen LogP contribution in [0, 0.1) is 19.8 Å². The van der Waals surface area contributed by atoms with E-state index in [4.69, 9.17) is 16.1 Å². The minimum atomic E-state index is -0.0611. The van der Waals surface area contributed by atoms with Crippen molar-refractivity contribution < 1.29 is 9.32 Å². The van der Waals surface area contributed by atoms with Crippen LogP contribution in [0.4, 0.5) is 5.69 Å². The minimum Gasteiger partial charge on any atom is -0.338 e. The van der Waals surface area contributed by atoms with Crippen molar-refractivity contribution in [3.8, 4) is 11.4 Å². The van der Waals surface area contributed by atoms with Crippen LogP contribution in [0.15, 0.2) is 47.0 Å². The third-order valence-electron chi connectivity index (χ3n) is 5.65. The summed E-state index contributed by atoms with van der Waals surface area (Å²) < 4.78 is 5.44. The molecule has 0 bridgehead atoms. The summed E-state index contributed by atoms with van der Waals surface area (Å²) in [5, 5.41) is 7.81. The van der Waals surface area contributed by atoms with Gasteiger partial charge in [0.05, 0.1) is 12.5 Å². The van der Waals surface area contributed by atoms with Crippen molar-refractivity contribution in [2.75, 3.05) is 18.4 Å². The van der Waals surface area contributed by atoms with Gasteiger partial charge in [-0.3, -0.25) is 9.69 Å². The molecule has 3 aromatic rings. The molecule has 0 spiro atoms. The molecule has 0 radical (unpaired) electrons. The molecule has 1 amide bonds. The fourth-order valence-corrected chi connectivity index (χ4v) is 3.98. The van der Waals surface area contributed by atoms with Crippen molar-refractivity contribution in [1.82, 2.24) is 15.0 Å². The van der Waals surface area contributed by atoms with Gasteiger partial charge in [0.25, 0.3) is 0 Å². The van der Waals surface area contributed by atoms with Gasteiger partial charge in [-0.25, -0.2) is 0 Å². The van der Waals surface area contributed by atoms with Crippen LogP contribution in [0.2, 0.25) is 5.02 Å². The highest BCUT2D eigenvalue weighted by atomic mass is 35.5. The second-order valence-electron chi connectivity index (χ2n) is 7.83. The van der Waals surface area contributed by atoms with Crippen LogP contribution in [-0.2, 0) is 11.3 Å². The molecule has 6 nitrogen and oxygen atoms in total. The van der Waals surface area contributed by atoms with Crippen molar-refractivity contribution in [3.63, 3.8) is 0 Å². The van der Waals surface area contributed by atoms with Crippen LogP contribution in [-0.4, -0.2) is 34.0 Å². The van der Waals surface area contributed by atoms with Crippen molar-refractivity contribution in [2.24, 2.45) is 5.92 Å². The maximum atomic E-state index is 12.8. The largest absolute Gasteiger partial charge is 0.338 e. The number of aromatic nitrogens is 2. The number of hydrogen-bond acceptors (Lipinski definition) is 5. The molecule has 156 valence electrons. The molecular formula is C23H25ClN4O2. The number of aryl methyl sites for hydroxylation is 1. The first-order chi connectivity index (χ1) is 14.5. The maximum absolute atomic E-state index is 12.8. The number of halogens is 1. The minimum absolute atomic E-state index is 0.0611. The molecule has 1 unspecified atom stereocenters. The maximum Gasteiger partial charge on any atom is 0.241 e. The monoisotopic (exact) mass is 424 g/mol. The van der Waals surface area contributed by atoms with Crippen LogP contribution in [0.25, 0.3) is 11.4 Å². The number of likely N-dealkylation sites (tertiary alicyclic amines) is 1. The summed E-state index contributed by atoms with van der Waals surface area (Å²) in [7, 11) is 0. The third kappa shape index (κ3) is 4.71. The Bertz CT molecular complexity index is 1050. The van der Waals surface area contributed by atoms with Gasteiger partial charge in [0.1, 0.15) is 0 Å². The lowest BCUT2D eigenvalue weighted by Crippen LogP contribution is -2.40. The van der Waals surface area contributed by atoms with E-state index in [9.17, 15) is 4.79 Å². The number of hydrogen-bond donors (Lipinski definition) is 1. The number of benzene rings is 2. The first-order valence-electron chi connectivity index (χ1n) is 10.2. The third-order valence-corrected chi connectivity index (χ3v) is 5.88. The summed E-state index contributed by atoms with van der Waals surface area (Å²) in [4.78, 5) is 19.5. The Morgan fingerprint density at radius 3 is 2.93 bits per heavy atom. The standard InChI is InChI=1S/C23H25ClN4O2/c1-15-6-3-10-20(16(15)2)25-23(29)18-8-5-11-28(13-18)14-21-26-22(27-30-21)17-7-4-9-19(24)12-17/h3-4,6-7,9-10,12,18H,5,8,11,13-14H2,1-2H3,(H,25,29). The van der Waals surface area contributed by atoms with E-state index in [0.717, 1.165) is 36.2 Å². The molecule has 0 saturated carbocycles. The van der Waals surface area contributed by atoms with Crippen LogP contribution < -0.4 is 5.32 Å². The number of rotatable bonds is 5. The topological polar surface area (TPSA) is 71.3 Å². The van der Waals surface area contributed by atoms with Crippen molar-refractivity contribution in [1.29, 1.82) is 0 Å². The summed E-state index contributed by atoms with van der Waals surface area (Å²) in [5.41, 5.74) is 3.99. The zero-order chi connectivity index (χ0) is 21.1. The number of carbonyl (C=O) groups is 1. The molecule has 7 heteroatoms. The number of piperidine rings is 1. The van der Waals surface area contributed by atoms with E-state index in [1.165, 1.54) is 5.56 Å². The van der Waals surface area contributed by atoms with Gasteiger partial charge in [0.2, 0.25) is 17.6 Å². The van der Waals surface area contributed by atoms with E-state index < -0.39 is 0 Å². The Labute approximate surface area is 181 Å². The Balaban J connectivity index is 1.38. The first-order valence-corrected chi connectivity index (χ1v) is 10.6. The summed E-state index contributed by atoms with van der Waals surface area (Å²) in [6.45, 7) is 6.19. The molecular weight excluding hydrogens is 400 g/mol. The van der Waals surface area contributed by atoms with Crippen LogP contribution in [0.3, 0.4) is 0 Å². The summed E-state index contributed by atoms with van der Waals surface area (Å²) >= 11 is 6.05. The SMILES string of the molecule is Cc1cccc(NC(=O)C2CCCN(Cc3nc(-c4cccc(Cl)c4)no3)C2)c1C. The lowest BCUT2D eigenvalue weighted by atomic mass is 9.96. The molecule has 1 saturated heterocycles. The van der Waals surface area contributed by atoms with E-state index in [0.29, 0.717) is 29.8 Å². The summed E-state index contributed by atoms with van der Waals surface area (Å²) in [6.07, 6.45) is 1.84. The van der Waals surface area contributed by atoms with Gasteiger partial charge in [-0.05, 0) is 62.6 Å². The summed E-state index contributed by atoms with van der Waals surface area (Å²) in [6, 6.07) is 13.4. The second kappa shape index (κ2) is 8.98. The number of amides is 1. The van der Waals surface area contributed by atoms with Gasteiger partial charge in [-0.1, -0.05) is 41.0 Å². The van der Waals surface area contributed by atoms with Gasteiger partial charge in [-0.15, -0.1) is 0 Å². The van der Waals surface area contributed by atoms with Crippen LogP contribution >= 0.6 is 11.6 Å². The molecule has 1 atom stereocenters. The van der Waals surface area contributed by atoms with Crippen molar-refractivity contribution in [2.45, 2.75) is 33.2 Å². The lowest BCUT2D eigenvalue weighted by molar-refractivity contribution is -0.121. The molecule has 1 aromatic heterocycles. The fraction of sp³-hybridized carbons (Fsp3) is 0.348. The lowest BCUT2D eigenvalue weighted by Gasteiger charge is -2.31. The van der Waals surface area contributed by atoms with Gasteiger partial charge in [0.15, 0.2) is 0 Å². The smallest absolute Gasteiger partial charge is 0.241 e.